The molecule has 0 spiro atoms. The zero-order valence-corrected chi connectivity index (χ0v) is 14.4. The molecule has 0 radical (unpaired) electrons. The van der Waals surface area contributed by atoms with Gasteiger partial charge in [-0.3, -0.25) is 0 Å². The van der Waals surface area contributed by atoms with Crippen LogP contribution in [0.1, 0.15) is 41.5 Å². The minimum absolute atomic E-state index is 0.396. The Morgan fingerprint density at radius 2 is 1.29 bits per heavy atom. The summed E-state index contributed by atoms with van der Waals surface area (Å²) in [4.78, 5) is 0. The van der Waals surface area contributed by atoms with E-state index < -0.39 is 16.5 Å². The summed E-state index contributed by atoms with van der Waals surface area (Å²) in [7, 11) is 0. The third-order valence-corrected chi connectivity index (χ3v) is 11.0. The molecule has 2 nitrogen and oxygen atoms in total. The van der Waals surface area contributed by atoms with Crippen LogP contribution in [-0.4, -0.2) is 16.5 Å². The van der Waals surface area contributed by atoms with Crippen LogP contribution in [0.15, 0.2) is 30.3 Å². The van der Waals surface area contributed by atoms with Crippen LogP contribution in [0.4, 0.5) is 5.69 Å². The first-order valence-electron chi connectivity index (χ1n) is 6.28. The van der Waals surface area contributed by atoms with Crippen LogP contribution in [0.25, 0.3) is 0 Å². The molecule has 0 aliphatic carbocycles. The van der Waals surface area contributed by atoms with E-state index in [1.807, 2.05) is 6.07 Å². The summed E-state index contributed by atoms with van der Waals surface area (Å²) in [6.45, 7) is 14.1. The van der Waals surface area contributed by atoms with E-state index in [2.05, 4.69) is 75.4 Å². The van der Waals surface area contributed by atoms with Gasteiger partial charge in [-0.1, -0.05) is 0 Å². The van der Waals surface area contributed by atoms with E-state index in [0.717, 1.165) is 5.69 Å². The van der Waals surface area contributed by atoms with Gasteiger partial charge in [-0.2, -0.15) is 0 Å². The van der Waals surface area contributed by atoms with E-state index in [1.165, 1.54) is 0 Å². The molecule has 17 heavy (non-hydrogen) atoms. The molecule has 2 N–H and O–H groups in total. The van der Waals surface area contributed by atoms with E-state index in [4.69, 9.17) is 0 Å². The van der Waals surface area contributed by atoms with Gasteiger partial charge in [0.2, 0.25) is 0 Å². The summed E-state index contributed by atoms with van der Waals surface area (Å²) < 4.78 is 4.45. The summed E-state index contributed by atoms with van der Waals surface area (Å²) in [5.74, 6) is 0. The van der Waals surface area contributed by atoms with Crippen LogP contribution >= 0.6 is 0 Å². The van der Waals surface area contributed by atoms with Crippen molar-refractivity contribution in [2.75, 3.05) is 5.43 Å². The molecule has 1 aromatic rings. The maximum absolute atomic E-state index is 3.65. The Kier molecular flexibility index (Phi) is 4.75. The topological polar surface area (TPSA) is 24.1 Å². The Labute approximate surface area is 111 Å². The van der Waals surface area contributed by atoms with E-state index in [-0.39, 0.29) is 0 Å². The average Bonchev–Trinajstić information content (AvgIpc) is 2.15. The van der Waals surface area contributed by atoms with E-state index >= 15 is 0 Å². The molecular formula is C14H25GaN2. The van der Waals surface area contributed by atoms with Crippen molar-refractivity contribution in [2.45, 2.75) is 49.5 Å². The number of benzene rings is 1. The average molecular weight is 291 g/mol. The molecule has 0 amide bonds. The summed E-state index contributed by atoms with van der Waals surface area (Å²) in [5.41, 5.74) is 4.54. The Balaban J connectivity index is 2.70. The van der Waals surface area contributed by atoms with Crippen LogP contribution in [0.2, 0.25) is 7.94 Å². The fourth-order valence-corrected chi connectivity index (χ4v) is 10.3. The first kappa shape index (κ1) is 14.7. The molecule has 0 aliphatic rings. The van der Waals surface area contributed by atoms with Crippen molar-refractivity contribution in [3.8, 4) is 0 Å². The number of hydrogen-bond acceptors (Lipinski definition) is 2. The third kappa shape index (κ3) is 4.78. The molecule has 0 saturated carbocycles. The Morgan fingerprint density at radius 1 is 0.824 bits per heavy atom. The van der Waals surface area contributed by atoms with Gasteiger partial charge >= 0.3 is 112 Å². The molecule has 0 heterocycles. The molecule has 0 aliphatic heterocycles. The molecule has 94 valence electrons. The normalized spacial score (nSPS) is 12.4. The monoisotopic (exact) mass is 290 g/mol. The van der Waals surface area contributed by atoms with Gasteiger partial charge in [-0.05, 0) is 0 Å². The summed E-state index contributed by atoms with van der Waals surface area (Å²) in [5, 5.41) is 0. The van der Waals surface area contributed by atoms with Gasteiger partial charge in [-0.15, -0.1) is 0 Å². The number of hydrazine groups is 1. The second-order valence-corrected chi connectivity index (χ2v) is 16.5. The molecule has 1 rings (SSSR count). The minimum atomic E-state index is -1.68. The molecule has 3 heteroatoms. The molecule has 0 aromatic heterocycles. The van der Waals surface area contributed by atoms with Gasteiger partial charge in [0.15, 0.2) is 0 Å². The Morgan fingerprint density at radius 3 is 1.71 bits per heavy atom. The summed E-state index contributed by atoms with van der Waals surface area (Å²) in [6, 6.07) is 10.3. The van der Waals surface area contributed by atoms with E-state index in [0.29, 0.717) is 7.94 Å². The van der Waals surface area contributed by atoms with Crippen LogP contribution < -0.4 is 9.56 Å². The number of hydrogen-bond donors (Lipinski definition) is 2. The van der Waals surface area contributed by atoms with Gasteiger partial charge in [-0.25, -0.2) is 0 Å². The first-order chi connectivity index (χ1) is 7.71. The number of rotatable bonds is 3. The zero-order chi connectivity index (χ0) is 13.1. The maximum atomic E-state index is 3.65. The summed E-state index contributed by atoms with van der Waals surface area (Å²) >= 11 is -1.68. The van der Waals surface area contributed by atoms with Crippen molar-refractivity contribution in [1.29, 1.82) is 0 Å². The van der Waals surface area contributed by atoms with Crippen molar-refractivity contribution < 1.29 is 0 Å². The van der Waals surface area contributed by atoms with Crippen LogP contribution in [-0.2, 0) is 0 Å². The molecule has 0 fully saturated rings. The third-order valence-electron chi connectivity index (χ3n) is 2.87. The molecule has 0 saturated heterocycles. The zero-order valence-electron chi connectivity index (χ0n) is 12.0. The predicted molar refractivity (Wildman–Crippen MR) is 78.4 cm³/mol. The second kappa shape index (κ2) is 5.51. The quantitative estimate of drug-likeness (QED) is 0.644. The van der Waals surface area contributed by atoms with Crippen molar-refractivity contribution in [3.05, 3.63) is 30.3 Å². The molecule has 0 atom stereocenters. The number of nitrogens with one attached hydrogen (secondary N) is 2. The van der Waals surface area contributed by atoms with Gasteiger partial charge in [0, 0.05) is 0 Å². The summed E-state index contributed by atoms with van der Waals surface area (Å²) in [6.07, 6.45) is 0. The van der Waals surface area contributed by atoms with E-state index in [1.54, 1.807) is 0 Å². The Bertz CT molecular complexity index is 321. The van der Waals surface area contributed by atoms with Crippen LogP contribution in [0.3, 0.4) is 0 Å². The fraction of sp³-hybridized carbons (Fsp3) is 0.571. The molecule has 0 bridgehead atoms. The van der Waals surface area contributed by atoms with Crippen molar-refractivity contribution in [2.24, 2.45) is 0 Å². The van der Waals surface area contributed by atoms with Gasteiger partial charge in [0.1, 0.15) is 0 Å². The van der Waals surface area contributed by atoms with Crippen molar-refractivity contribution in [1.82, 2.24) is 4.13 Å². The number of para-hydroxylation sites is 1. The fourth-order valence-electron chi connectivity index (χ4n) is 2.41. The van der Waals surface area contributed by atoms with E-state index in [9.17, 15) is 0 Å². The van der Waals surface area contributed by atoms with Crippen LogP contribution in [0, 0.1) is 0 Å². The Hall–Kier alpha value is -0.384. The van der Waals surface area contributed by atoms with Crippen molar-refractivity contribution >= 4 is 22.1 Å². The van der Waals surface area contributed by atoms with Crippen LogP contribution in [0.5, 0.6) is 0 Å². The second-order valence-electron chi connectivity index (χ2n) is 6.80. The molecular weight excluding hydrogens is 266 g/mol. The molecule has 1 aromatic carbocycles. The van der Waals surface area contributed by atoms with Gasteiger partial charge < -0.3 is 0 Å². The predicted octanol–water partition coefficient (Wildman–Crippen LogP) is 4.19. The van der Waals surface area contributed by atoms with Gasteiger partial charge in [0.25, 0.3) is 0 Å². The standard InChI is InChI=1S/C6H7N2.2C4H9.Ga/c7-8-6-4-2-1-3-5-6;2*1-4(2)3;/h1-5,7-8H;2*1-3H3;/q-1;;;+1. The van der Waals surface area contributed by atoms with Crippen molar-refractivity contribution in [3.63, 3.8) is 0 Å². The van der Waals surface area contributed by atoms with Gasteiger partial charge in [0.05, 0.1) is 0 Å². The SMILES string of the molecule is C[C](C)(C)[Ga]([NH]Nc1ccccc1)[C](C)(C)C. The molecule has 0 unspecified atom stereocenters. The first-order valence-corrected chi connectivity index (χ1v) is 9.91. The number of anilines is 1.